The van der Waals surface area contributed by atoms with Gasteiger partial charge in [-0.15, -0.1) is 0 Å². The summed E-state index contributed by atoms with van der Waals surface area (Å²) in [6, 6.07) is 16.4. The van der Waals surface area contributed by atoms with Crippen LogP contribution in [0.3, 0.4) is 0 Å². The quantitative estimate of drug-likeness (QED) is 0.716. The highest BCUT2D eigenvalue weighted by atomic mass is 19.1. The summed E-state index contributed by atoms with van der Waals surface area (Å²) in [5.41, 5.74) is 1.60. The highest BCUT2D eigenvalue weighted by molar-refractivity contribution is 5.35. The van der Waals surface area contributed by atoms with E-state index in [9.17, 15) is 19.4 Å². The Morgan fingerprint density at radius 3 is 2.31 bits per heavy atom. The maximum absolute atomic E-state index is 13.1. The fraction of sp³-hybridized carbons (Fsp3) is 0.190. The van der Waals surface area contributed by atoms with Gasteiger partial charge >= 0.3 is 0 Å². The first kappa shape index (κ1) is 17.9. The number of pyridine rings is 1. The molecule has 4 nitrogen and oxygen atoms in total. The van der Waals surface area contributed by atoms with Gasteiger partial charge in [-0.3, -0.25) is 4.79 Å². The van der Waals surface area contributed by atoms with Crippen LogP contribution >= 0.6 is 0 Å². The number of nitrogens with zero attached hydrogens (tertiary/aromatic N) is 1. The lowest BCUT2D eigenvalue weighted by Gasteiger charge is -2.19. The minimum atomic E-state index is -0.433. The lowest BCUT2D eigenvalue weighted by atomic mass is 10.0. The molecule has 5 heteroatoms. The van der Waals surface area contributed by atoms with E-state index in [-0.39, 0.29) is 35.7 Å². The van der Waals surface area contributed by atoms with Crippen LogP contribution in [0.4, 0.5) is 4.39 Å². The summed E-state index contributed by atoms with van der Waals surface area (Å²) in [5.74, 6) is -0.460. The molecule has 1 heterocycles. The summed E-state index contributed by atoms with van der Waals surface area (Å²) in [7, 11) is 0. The van der Waals surface area contributed by atoms with E-state index < -0.39 is 6.04 Å². The van der Waals surface area contributed by atoms with Crippen molar-refractivity contribution in [2.45, 2.75) is 18.9 Å². The number of aliphatic hydroxyl groups excluding tert-OH is 1. The summed E-state index contributed by atoms with van der Waals surface area (Å²) >= 11 is 0. The Bertz CT molecular complexity index is 920. The van der Waals surface area contributed by atoms with Crippen LogP contribution in [0.2, 0.25) is 0 Å². The molecule has 0 fully saturated rings. The van der Waals surface area contributed by atoms with E-state index >= 15 is 0 Å². The predicted octanol–water partition coefficient (Wildman–Crippen LogP) is 3.06. The molecule has 0 aliphatic heterocycles. The molecule has 2 N–H and O–H groups in total. The minimum Gasteiger partial charge on any atom is -0.507 e. The van der Waals surface area contributed by atoms with Gasteiger partial charge in [0.15, 0.2) is 0 Å². The van der Waals surface area contributed by atoms with Crippen LogP contribution in [0.5, 0.6) is 5.75 Å². The molecule has 1 aromatic heterocycles. The highest BCUT2D eigenvalue weighted by Gasteiger charge is 2.17. The third-order valence-electron chi connectivity index (χ3n) is 4.41. The maximum atomic E-state index is 13.1. The number of aliphatic hydroxyl groups is 1. The Kier molecular flexibility index (Phi) is 5.49. The van der Waals surface area contributed by atoms with Crippen molar-refractivity contribution in [2.75, 3.05) is 6.61 Å². The van der Waals surface area contributed by atoms with Crippen LogP contribution in [0, 0.1) is 5.82 Å². The number of benzene rings is 2. The van der Waals surface area contributed by atoms with E-state index in [2.05, 4.69) is 0 Å². The number of hydrogen-bond donors (Lipinski definition) is 2. The SMILES string of the molecule is O=c1c(Cc2ccc(F)cc2)c(O)ccn1[C@H](CO)Cc1ccccc1. The summed E-state index contributed by atoms with van der Waals surface area (Å²) in [5, 5.41) is 19.9. The van der Waals surface area contributed by atoms with Crippen molar-refractivity contribution in [3.8, 4) is 5.75 Å². The molecule has 0 spiro atoms. The summed E-state index contributed by atoms with van der Waals surface area (Å²) in [4.78, 5) is 12.9. The van der Waals surface area contributed by atoms with Crippen molar-refractivity contribution in [1.29, 1.82) is 0 Å². The smallest absolute Gasteiger partial charge is 0.258 e. The Morgan fingerprint density at radius 1 is 0.962 bits per heavy atom. The Balaban J connectivity index is 1.92. The molecule has 0 saturated carbocycles. The lowest BCUT2D eigenvalue weighted by Crippen LogP contribution is -2.30. The number of aromatic nitrogens is 1. The first-order valence-electron chi connectivity index (χ1n) is 8.40. The van der Waals surface area contributed by atoms with Crippen LogP contribution < -0.4 is 5.56 Å². The Hall–Kier alpha value is -2.92. The summed E-state index contributed by atoms with van der Waals surface area (Å²) < 4.78 is 14.5. The van der Waals surface area contributed by atoms with Gasteiger partial charge in [-0.05, 0) is 35.7 Å². The largest absolute Gasteiger partial charge is 0.507 e. The molecule has 0 aliphatic rings. The van der Waals surface area contributed by atoms with E-state index in [4.69, 9.17) is 0 Å². The summed E-state index contributed by atoms with van der Waals surface area (Å²) in [6.45, 7) is -0.199. The lowest BCUT2D eigenvalue weighted by molar-refractivity contribution is 0.224. The van der Waals surface area contributed by atoms with E-state index in [1.807, 2.05) is 30.3 Å². The predicted molar refractivity (Wildman–Crippen MR) is 97.8 cm³/mol. The van der Waals surface area contributed by atoms with Crippen molar-refractivity contribution < 1.29 is 14.6 Å². The zero-order valence-corrected chi connectivity index (χ0v) is 14.2. The molecule has 3 rings (SSSR count). The molecule has 2 aromatic carbocycles. The average molecular weight is 353 g/mol. The molecule has 26 heavy (non-hydrogen) atoms. The molecular formula is C21H20FNO3. The molecule has 0 bridgehead atoms. The monoisotopic (exact) mass is 353 g/mol. The number of rotatable bonds is 6. The Morgan fingerprint density at radius 2 is 1.65 bits per heavy atom. The van der Waals surface area contributed by atoms with E-state index in [0.29, 0.717) is 6.42 Å². The summed E-state index contributed by atoms with van der Waals surface area (Å²) in [6.07, 6.45) is 2.18. The van der Waals surface area contributed by atoms with E-state index in [0.717, 1.165) is 11.1 Å². The molecule has 0 unspecified atom stereocenters. The van der Waals surface area contributed by atoms with Gasteiger partial charge < -0.3 is 14.8 Å². The topological polar surface area (TPSA) is 62.5 Å². The zero-order chi connectivity index (χ0) is 18.5. The van der Waals surface area contributed by atoms with Crippen molar-refractivity contribution in [3.05, 3.63) is 99.7 Å². The third-order valence-corrected chi connectivity index (χ3v) is 4.41. The van der Waals surface area contributed by atoms with Crippen molar-refractivity contribution in [2.24, 2.45) is 0 Å². The molecule has 3 aromatic rings. The normalized spacial score (nSPS) is 12.1. The number of hydrogen-bond acceptors (Lipinski definition) is 3. The van der Waals surface area contributed by atoms with Gasteiger partial charge in [0, 0.05) is 12.6 Å². The Labute approximate surface area is 150 Å². The van der Waals surface area contributed by atoms with Gasteiger partial charge in [0.1, 0.15) is 11.6 Å². The van der Waals surface area contributed by atoms with Crippen LogP contribution in [0.1, 0.15) is 22.7 Å². The van der Waals surface area contributed by atoms with Crippen molar-refractivity contribution in [3.63, 3.8) is 0 Å². The van der Waals surface area contributed by atoms with Crippen LogP contribution in [-0.4, -0.2) is 21.4 Å². The molecule has 134 valence electrons. The maximum Gasteiger partial charge on any atom is 0.258 e. The van der Waals surface area contributed by atoms with Crippen LogP contribution in [-0.2, 0) is 12.8 Å². The highest BCUT2D eigenvalue weighted by Crippen LogP contribution is 2.19. The fourth-order valence-electron chi connectivity index (χ4n) is 2.98. The molecule has 0 aliphatic carbocycles. The van der Waals surface area contributed by atoms with Gasteiger partial charge in [-0.25, -0.2) is 4.39 Å². The average Bonchev–Trinajstić information content (AvgIpc) is 2.66. The second-order valence-electron chi connectivity index (χ2n) is 6.22. The van der Waals surface area contributed by atoms with Gasteiger partial charge in [-0.1, -0.05) is 42.5 Å². The number of aromatic hydroxyl groups is 1. The fourth-order valence-corrected chi connectivity index (χ4v) is 2.98. The van der Waals surface area contributed by atoms with E-state index in [1.54, 1.807) is 12.1 Å². The third kappa shape index (κ3) is 4.00. The van der Waals surface area contributed by atoms with Crippen molar-refractivity contribution in [1.82, 2.24) is 4.57 Å². The first-order valence-corrected chi connectivity index (χ1v) is 8.40. The molecule has 0 radical (unpaired) electrons. The number of halogens is 1. The second-order valence-corrected chi connectivity index (χ2v) is 6.22. The van der Waals surface area contributed by atoms with E-state index in [1.165, 1.54) is 29.0 Å². The standard InChI is InChI=1S/C21H20FNO3/c22-17-8-6-16(7-9-17)13-19-20(25)10-11-23(21(19)26)18(14-24)12-15-4-2-1-3-5-15/h1-11,18,24-25H,12-14H2/t18-/m0/s1. The zero-order valence-electron chi connectivity index (χ0n) is 14.2. The molecule has 0 amide bonds. The second kappa shape index (κ2) is 7.97. The first-order chi connectivity index (χ1) is 12.6. The van der Waals surface area contributed by atoms with Gasteiger partial charge in [0.2, 0.25) is 0 Å². The molecular weight excluding hydrogens is 333 g/mol. The van der Waals surface area contributed by atoms with Gasteiger partial charge in [-0.2, -0.15) is 0 Å². The van der Waals surface area contributed by atoms with Gasteiger partial charge in [0.25, 0.3) is 5.56 Å². The van der Waals surface area contributed by atoms with Crippen LogP contribution in [0.15, 0.2) is 71.7 Å². The molecule has 1 atom stereocenters. The van der Waals surface area contributed by atoms with Gasteiger partial charge in [0.05, 0.1) is 18.2 Å². The minimum absolute atomic E-state index is 0.105. The molecule has 0 saturated heterocycles. The van der Waals surface area contributed by atoms with Crippen LogP contribution in [0.25, 0.3) is 0 Å². The van der Waals surface area contributed by atoms with Crippen molar-refractivity contribution >= 4 is 0 Å².